The molecule has 0 aromatic rings. The third-order valence-corrected chi connectivity index (χ3v) is 3.62. The molecular formula is C10H20O2S. The number of ketones is 1. The van der Waals surface area contributed by atoms with Gasteiger partial charge in [0, 0.05) is 28.2 Å². The van der Waals surface area contributed by atoms with Gasteiger partial charge in [-0.25, -0.2) is 0 Å². The maximum atomic E-state index is 11.5. The highest BCUT2D eigenvalue weighted by atomic mass is 32.2. The number of hydrogen-bond donors (Lipinski definition) is 0. The van der Waals surface area contributed by atoms with E-state index in [4.69, 9.17) is 0 Å². The topological polar surface area (TPSA) is 34.1 Å². The molecule has 0 saturated heterocycles. The molecule has 0 aliphatic heterocycles. The van der Waals surface area contributed by atoms with Crippen molar-refractivity contribution in [3.8, 4) is 0 Å². The van der Waals surface area contributed by atoms with E-state index in [1.165, 1.54) is 0 Å². The van der Waals surface area contributed by atoms with Crippen molar-refractivity contribution in [3.63, 3.8) is 0 Å². The van der Waals surface area contributed by atoms with Gasteiger partial charge in [-0.2, -0.15) is 0 Å². The molecule has 0 aromatic heterocycles. The third kappa shape index (κ3) is 6.94. The summed E-state index contributed by atoms with van der Waals surface area (Å²) >= 11 is 0. The minimum atomic E-state index is -0.827. The molecule has 0 fully saturated rings. The Labute approximate surface area is 83.6 Å². The van der Waals surface area contributed by atoms with Crippen molar-refractivity contribution < 1.29 is 9.00 Å². The van der Waals surface area contributed by atoms with Crippen molar-refractivity contribution in [2.45, 2.75) is 45.8 Å². The number of Topliss-reactive ketones (excluding diaryl/α,β-unsaturated/α-hetero) is 1. The Bertz CT molecular complexity index is 187. The molecular weight excluding hydrogens is 184 g/mol. The van der Waals surface area contributed by atoms with Crippen molar-refractivity contribution in [1.82, 2.24) is 0 Å². The molecule has 2 nitrogen and oxygen atoms in total. The van der Waals surface area contributed by atoms with Crippen LogP contribution >= 0.6 is 0 Å². The standard InChI is InChI=1S/C10H20O2S/c1-8(2)5-6-13(12)10(4)7-9(3)11/h8,10H,5-7H2,1-4H3. The van der Waals surface area contributed by atoms with E-state index < -0.39 is 10.8 Å². The molecule has 0 bridgehead atoms. The van der Waals surface area contributed by atoms with Crippen LogP contribution in [0.3, 0.4) is 0 Å². The molecule has 3 heteroatoms. The predicted octanol–water partition coefficient (Wildman–Crippen LogP) is 2.15. The van der Waals surface area contributed by atoms with Crippen molar-refractivity contribution in [2.75, 3.05) is 5.75 Å². The van der Waals surface area contributed by atoms with Gasteiger partial charge in [0.15, 0.2) is 0 Å². The van der Waals surface area contributed by atoms with Gasteiger partial charge in [-0.1, -0.05) is 20.8 Å². The maximum Gasteiger partial charge on any atom is 0.131 e. The summed E-state index contributed by atoms with van der Waals surface area (Å²) in [5.74, 6) is 1.45. The molecule has 0 spiro atoms. The first kappa shape index (κ1) is 12.8. The van der Waals surface area contributed by atoms with E-state index in [-0.39, 0.29) is 11.0 Å². The van der Waals surface area contributed by atoms with Crippen LogP contribution in [0, 0.1) is 5.92 Å². The average molecular weight is 204 g/mol. The van der Waals surface area contributed by atoms with Crippen molar-refractivity contribution in [2.24, 2.45) is 5.92 Å². The molecule has 2 atom stereocenters. The molecule has 78 valence electrons. The van der Waals surface area contributed by atoms with Crippen LogP contribution in [-0.4, -0.2) is 21.0 Å². The molecule has 0 aromatic carbocycles. The van der Waals surface area contributed by atoms with Crippen LogP contribution in [0.1, 0.15) is 40.5 Å². The van der Waals surface area contributed by atoms with E-state index in [2.05, 4.69) is 13.8 Å². The maximum absolute atomic E-state index is 11.5. The fraction of sp³-hybridized carbons (Fsp3) is 0.900. The zero-order valence-corrected chi connectivity index (χ0v) is 9.82. The minimum absolute atomic E-state index is 0.0243. The molecule has 0 saturated carbocycles. The van der Waals surface area contributed by atoms with Crippen molar-refractivity contribution in [1.29, 1.82) is 0 Å². The lowest BCUT2D eigenvalue weighted by Gasteiger charge is -2.10. The summed E-state index contributed by atoms with van der Waals surface area (Å²) in [4.78, 5) is 10.8. The Morgan fingerprint density at radius 2 is 1.85 bits per heavy atom. The Hall–Kier alpha value is -0.180. The summed E-state index contributed by atoms with van der Waals surface area (Å²) in [6.07, 6.45) is 1.43. The number of hydrogen-bond acceptors (Lipinski definition) is 2. The largest absolute Gasteiger partial charge is 0.300 e. The van der Waals surface area contributed by atoms with E-state index in [1.807, 2.05) is 6.92 Å². The van der Waals surface area contributed by atoms with Gasteiger partial charge in [0.25, 0.3) is 0 Å². The molecule has 0 aliphatic rings. The van der Waals surface area contributed by atoms with Crippen LogP contribution in [0.4, 0.5) is 0 Å². The van der Waals surface area contributed by atoms with E-state index in [1.54, 1.807) is 6.92 Å². The Kier molecular flexibility index (Phi) is 6.21. The van der Waals surface area contributed by atoms with Gasteiger partial charge in [0.1, 0.15) is 5.78 Å². The second-order valence-electron chi connectivity index (χ2n) is 3.98. The molecule has 0 radical (unpaired) electrons. The smallest absolute Gasteiger partial charge is 0.131 e. The van der Waals surface area contributed by atoms with E-state index >= 15 is 0 Å². The normalized spacial score (nSPS) is 15.8. The molecule has 0 rings (SSSR count). The molecule has 13 heavy (non-hydrogen) atoms. The van der Waals surface area contributed by atoms with Gasteiger partial charge in [-0.3, -0.25) is 9.00 Å². The summed E-state index contributed by atoms with van der Waals surface area (Å²) in [5.41, 5.74) is 0. The molecule has 0 aliphatic carbocycles. The van der Waals surface area contributed by atoms with Crippen molar-refractivity contribution in [3.05, 3.63) is 0 Å². The van der Waals surface area contributed by atoms with Gasteiger partial charge in [0.2, 0.25) is 0 Å². The van der Waals surface area contributed by atoms with Crippen LogP contribution in [0.5, 0.6) is 0 Å². The SMILES string of the molecule is CC(=O)CC(C)S(=O)CCC(C)C. The quantitative estimate of drug-likeness (QED) is 0.664. The average Bonchev–Trinajstić information content (AvgIpc) is 1.98. The lowest BCUT2D eigenvalue weighted by molar-refractivity contribution is -0.116. The number of rotatable bonds is 6. The summed E-state index contributed by atoms with van der Waals surface area (Å²) < 4.78 is 11.5. The fourth-order valence-electron chi connectivity index (χ4n) is 1.05. The fourth-order valence-corrected chi connectivity index (χ4v) is 2.58. The first-order valence-electron chi connectivity index (χ1n) is 4.80. The lowest BCUT2D eigenvalue weighted by Crippen LogP contribution is -2.17. The Morgan fingerprint density at radius 1 is 1.31 bits per heavy atom. The second kappa shape index (κ2) is 6.30. The van der Waals surface area contributed by atoms with Crippen molar-refractivity contribution >= 4 is 16.6 Å². The van der Waals surface area contributed by atoms with Crippen LogP contribution in [0.25, 0.3) is 0 Å². The monoisotopic (exact) mass is 204 g/mol. The van der Waals surface area contributed by atoms with Gasteiger partial charge in [0.05, 0.1) is 0 Å². The Morgan fingerprint density at radius 3 is 2.23 bits per heavy atom. The molecule has 2 unspecified atom stereocenters. The number of carbonyl (C=O) groups excluding carboxylic acids is 1. The van der Waals surface area contributed by atoms with E-state index in [0.29, 0.717) is 12.3 Å². The predicted molar refractivity (Wildman–Crippen MR) is 57.2 cm³/mol. The zero-order chi connectivity index (χ0) is 10.4. The molecule has 0 N–H and O–H groups in total. The first-order valence-corrected chi connectivity index (χ1v) is 6.18. The van der Waals surface area contributed by atoms with Gasteiger partial charge in [-0.15, -0.1) is 0 Å². The summed E-state index contributed by atoms with van der Waals surface area (Å²) in [6, 6.07) is 0. The molecule has 0 amide bonds. The summed E-state index contributed by atoms with van der Waals surface area (Å²) in [5, 5.41) is 0.0243. The lowest BCUT2D eigenvalue weighted by atomic mass is 10.2. The summed E-state index contributed by atoms with van der Waals surface area (Å²) in [7, 11) is -0.827. The second-order valence-corrected chi connectivity index (χ2v) is 5.96. The zero-order valence-electron chi connectivity index (χ0n) is 9.00. The van der Waals surface area contributed by atoms with Crippen LogP contribution in [0.15, 0.2) is 0 Å². The highest BCUT2D eigenvalue weighted by Crippen LogP contribution is 2.07. The van der Waals surface area contributed by atoms with Gasteiger partial charge in [-0.05, 0) is 19.3 Å². The number of carbonyl (C=O) groups is 1. The highest BCUT2D eigenvalue weighted by molar-refractivity contribution is 7.85. The highest BCUT2D eigenvalue weighted by Gasteiger charge is 2.13. The Balaban J connectivity index is 3.76. The minimum Gasteiger partial charge on any atom is -0.300 e. The third-order valence-electron chi connectivity index (χ3n) is 1.92. The van der Waals surface area contributed by atoms with Crippen LogP contribution in [-0.2, 0) is 15.6 Å². The van der Waals surface area contributed by atoms with Crippen LogP contribution in [0.2, 0.25) is 0 Å². The summed E-state index contributed by atoms with van der Waals surface area (Å²) in [6.45, 7) is 7.67. The van der Waals surface area contributed by atoms with E-state index in [0.717, 1.165) is 12.2 Å². The van der Waals surface area contributed by atoms with Crippen LogP contribution < -0.4 is 0 Å². The van der Waals surface area contributed by atoms with E-state index in [9.17, 15) is 9.00 Å². The first-order chi connectivity index (χ1) is 5.93. The van der Waals surface area contributed by atoms with Gasteiger partial charge < -0.3 is 0 Å². The van der Waals surface area contributed by atoms with Gasteiger partial charge >= 0.3 is 0 Å². The molecule has 0 heterocycles.